The number of anilines is 1. The number of piperidine rings is 1. The lowest BCUT2D eigenvalue weighted by Gasteiger charge is -2.61. The summed E-state index contributed by atoms with van der Waals surface area (Å²) in [5.74, 6) is 2.35. The fraction of sp³-hybridized carbons (Fsp3) is 0.593. The Morgan fingerprint density at radius 3 is 2.74 bits per heavy atom. The van der Waals surface area contributed by atoms with Gasteiger partial charge in [-0.3, -0.25) is 14.8 Å². The predicted molar refractivity (Wildman–Crippen MR) is 136 cm³/mol. The second-order valence-electron chi connectivity index (χ2n) is 11.3. The molecule has 1 N–H and O–H groups in total. The standard InChI is InChI=1S/C27H30N8O3/c1-37-20-2-5-29-19-13-30-22(21(19)20)16-3-6-35(7-4-16)25-31-23(24(36)34-27-9-15(10-27)11-27)32-26(33-25)38-14-18-8-17(18)12-28/h2,5,15-18H,3-4,6-11,13-14H2,1H3,(H,34,36)/t15?,17-,18+,27?/m0/s1. The molecule has 5 fully saturated rings. The lowest BCUT2D eigenvalue weighted by molar-refractivity contribution is -0.0441. The minimum absolute atomic E-state index is 0.0276. The van der Waals surface area contributed by atoms with Crippen molar-refractivity contribution in [2.24, 2.45) is 28.7 Å². The van der Waals surface area contributed by atoms with Crippen molar-refractivity contribution in [3.05, 3.63) is 29.3 Å². The van der Waals surface area contributed by atoms with Crippen LogP contribution in [0.25, 0.3) is 0 Å². The van der Waals surface area contributed by atoms with Crippen LogP contribution in [0.1, 0.15) is 60.4 Å². The third-order valence-electron chi connectivity index (χ3n) is 8.77. The lowest BCUT2D eigenvalue weighted by atomic mass is 9.50. The Labute approximate surface area is 220 Å². The van der Waals surface area contributed by atoms with Crippen LogP contribution in [0.5, 0.6) is 11.8 Å². The molecule has 4 heterocycles. The number of carbonyl (C=O) groups is 1. The van der Waals surface area contributed by atoms with Gasteiger partial charge in [-0.2, -0.15) is 20.2 Å². The van der Waals surface area contributed by atoms with E-state index in [1.165, 1.54) is 0 Å². The van der Waals surface area contributed by atoms with Crippen LogP contribution in [0.2, 0.25) is 0 Å². The van der Waals surface area contributed by atoms with E-state index in [-0.39, 0.29) is 41.0 Å². The van der Waals surface area contributed by atoms with Gasteiger partial charge in [0, 0.05) is 36.7 Å². The monoisotopic (exact) mass is 514 g/mol. The van der Waals surface area contributed by atoms with Gasteiger partial charge in [0.15, 0.2) is 0 Å². The fourth-order valence-electron chi connectivity index (χ4n) is 6.33. The van der Waals surface area contributed by atoms with Gasteiger partial charge >= 0.3 is 6.01 Å². The summed E-state index contributed by atoms with van der Waals surface area (Å²) in [6.07, 6.45) is 7.46. The Bertz CT molecular complexity index is 1350. The molecule has 8 rings (SSSR count). The predicted octanol–water partition coefficient (Wildman–Crippen LogP) is 2.32. The minimum Gasteiger partial charge on any atom is -0.496 e. The van der Waals surface area contributed by atoms with Crippen molar-refractivity contribution in [1.29, 1.82) is 5.26 Å². The van der Waals surface area contributed by atoms with Crippen LogP contribution >= 0.6 is 0 Å². The van der Waals surface area contributed by atoms with Crippen LogP contribution in [0.15, 0.2) is 17.3 Å². The summed E-state index contributed by atoms with van der Waals surface area (Å²) in [7, 11) is 1.68. The van der Waals surface area contributed by atoms with Crippen molar-refractivity contribution in [3.63, 3.8) is 0 Å². The molecule has 6 aliphatic rings. The van der Waals surface area contributed by atoms with Crippen molar-refractivity contribution in [2.75, 3.05) is 31.7 Å². The number of nitrogens with one attached hydrogen (secondary N) is 1. The molecule has 2 aromatic rings. The molecule has 11 heteroatoms. The summed E-state index contributed by atoms with van der Waals surface area (Å²) in [5.41, 5.74) is 3.00. The summed E-state index contributed by atoms with van der Waals surface area (Å²) in [6, 6.07) is 4.31. The molecule has 1 saturated heterocycles. The number of rotatable bonds is 8. The first kappa shape index (κ1) is 23.3. The second-order valence-corrected chi connectivity index (χ2v) is 11.3. The SMILES string of the molecule is COc1ccnc2c1C(C1CCN(c3nc(OC[C@H]4C[C@H]4C#N)nc(C(=O)NC45CC(C4)C5)n3)CC1)=NC2. The molecule has 2 bridgehead atoms. The smallest absolute Gasteiger partial charge is 0.321 e. The molecular formula is C27H30N8O3. The number of nitrogens with zero attached hydrogens (tertiary/aromatic N) is 7. The summed E-state index contributed by atoms with van der Waals surface area (Å²) >= 11 is 0. The zero-order valence-electron chi connectivity index (χ0n) is 21.4. The van der Waals surface area contributed by atoms with E-state index >= 15 is 0 Å². The highest BCUT2D eigenvalue weighted by molar-refractivity contribution is 6.07. The maximum atomic E-state index is 13.1. The first-order chi connectivity index (χ1) is 18.5. The Balaban J connectivity index is 1.07. The van der Waals surface area contributed by atoms with Gasteiger partial charge in [0.1, 0.15) is 5.75 Å². The van der Waals surface area contributed by atoms with Crippen molar-refractivity contribution in [3.8, 4) is 17.8 Å². The molecule has 2 atom stereocenters. The number of aliphatic imine (C=N–C) groups is 1. The molecule has 0 aromatic carbocycles. The number of nitriles is 1. The van der Waals surface area contributed by atoms with Gasteiger partial charge in [0.05, 0.1) is 49.2 Å². The van der Waals surface area contributed by atoms with Gasteiger partial charge in [-0.25, -0.2) is 0 Å². The van der Waals surface area contributed by atoms with Crippen molar-refractivity contribution in [2.45, 2.75) is 50.6 Å². The van der Waals surface area contributed by atoms with Crippen LogP contribution in [0.4, 0.5) is 5.95 Å². The summed E-state index contributed by atoms with van der Waals surface area (Å²) in [4.78, 5) is 38.0. The third-order valence-corrected chi connectivity index (χ3v) is 8.77. The van der Waals surface area contributed by atoms with Gasteiger partial charge in [-0.15, -0.1) is 0 Å². The number of pyridine rings is 1. The molecule has 2 aromatic heterocycles. The molecule has 1 amide bonds. The number of ether oxygens (including phenoxy) is 2. The number of carbonyl (C=O) groups excluding carboxylic acids is 1. The van der Waals surface area contributed by atoms with Gasteiger partial charge in [-0.05, 0) is 50.5 Å². The van der Waals surface area contributed by atoms with Gasteiger partial charge in [0.2, 0.25) is 11.8 Å². The largest absolute Gasteiger partial charge is 0.496 e. The van der Waals surface area contributed by atoms with Crippen molar-refractivity contribution < 1.29 is 14.3 Å². The summed E-state index contributed by atoms with van der Waals surface area (Å²) in [6.45, 7) is 2.39. The van der Waals surface area contributed by atoms with Gasteiger partial charge in [-0.1, -0.05) is 0 Å². The van der Waals surface area contributed by atoms with E-state index in [4.69, 9.17) is 19.7 Å². The van der Waals surface area contributed by atoms with E-state index in [1.807, 2.05) is 6.07 Å². The van der Waals surface area contributed by atoms with E-state index in [0.717, 1.165) is 80.3 Å². The Kier molecular flexibility index (Phi) is 5.46. The van der Waals surface area contributed by atoms with Crippen molar-refractivity contribution >= 4 is 17.6 Å². The molecule has 0 unspecified atom stereocenters. The molecular weight excluding hydrogens is 484 g/mol. The normalized spacial score (nSPS) is 28.8. The highest BCUT2D eigenvalue weighted by Gasteiger charge is 2.57. The quantitative estimate of drug-likeness (QED) is 0.562. The van der Waals surface area contributed by atoms with Crippen LogP contribution < -0.4 is 19.7 Å². The number of methoxy groups -OCH3 is 1. The Morgan fingerprint density at radius 1 is 1.24 bits per heavy atom. The Hall–Kier alpha value is -3.81. The third kappa shape index (κ3) is 4.03. The molecule has 4 aliphatic carbocycles. The zero-order chi connectivity index (χ0) is 25.9. The minimum atomic E-state index is -0.274. The van der Waals surface area contributed by atoms with Crippen LogP contribution in [0.3, 0.4) is 0 Å². The number of hydrogen-bond acceptors (Lipinski definition) is 10. The number of hydrogen-bond donors (Lipinski definition) is 1. The van der Waals surface area contributed by atoms with E-state index in [2.05, 4.69) is 36.2 Å². The average Bonchev–Trinajstić information content (AvgIpc) is 3.54. The number of aromatic nitrogens is 4. The van der Waals surface area contributed by atoms with E-state index in [0.29, 0.717) is 19.1 Å². The van der Waals surface area contributed by atoms with Gasteiger partial charge < -0.3 is 19.7 Å². The topological polar surface area (TPSA) is 139 Å². The highest BCUT2D eigenvalue weighted by atomic mass is 16.5. The molecule has 2 aliphatic heterocycles. The average molecular weight is 515 g/mol. The molecule has 0 spiro atoms. The fourth-order valence-corrected chi connectivity index (χ4v) is 6.33. The van der Waals surface area contributed by atoms with Crippen molar-refractivity contribution in [1.82, 2.24) is 25.3 Å². The zero-order valence-corrected chi connectivity index (χ0v) is 21.4. The maximum absolute atomic E-state index is 13.1. The lowest BCUT2D eigenvalue weighted by Crippen LogP contribution is -2.68. The molecule has 38 heavy (non-hydrogen) atoms. The second kappa shape index (κ2) is 8.89. The van der Waals surface area contributed by atoms with E-state index < -0.39 is 0 Å². The first-order valence-electron chi connectivity index (χ1n) is 13.5. The molecule has 11 nitrogen and oxygen atoms in total. The highest BCUT2D eigenvalue weighted by Crippen LogP contribution is 2.57. The molecule has 196 valence electrons. The van der Waals surface area contributed by atoms with E-state index in [1.54, 1.807) is 13.3 Å². The number of fused-ring (bicyclic) bond motifs is 1. The van der Waals surface area contributed by atoms with Gasteiger partial charge in [0.25, 0.3) is 5.91 Å². The van der Waals surface area contributed by atoms with Crippen LogP contribution in [-0.2, 0) is 6.54 Å². The van der Waals surface area contributed by atoms with Crippen LogP contribution in [0, 0.1) is 35.0 Å². The summed E-state index contributed by atoms with van der Waals surface area (Å²) < 4.78 is 11.5. The molecule has 4 saturated carbocycles. The summed E-state index contributed by atoms with van der Waals surface area (Å²) in [5, 5.41) is 12.3. The Morgan fingerprint density at radius 2 is 2.05 bits per heavy atom. The van der Waals surface area contributed by atoms with E-state index in [9.17, 15) is 4.79 Å². The number of amides is 1. The maximum Gasteiger partial charge on any atom is 0.321 e. The molecule has 0 radical (unpaired) electrons. The first-order valence-corrected chi connectivity index (χ1v) is 13.5. The van der Waals surface area contributed by atoms with Crippen LogP contribution in [-0.4, -0.2) is 63.9 Å².